The number of carbonyl (C=O) groups excluding carboxylic acids is 2. The van der Waals surface area contributed by atoms with Gasteiger partial charge in [-0.1, -0.05) is 24.3 Å². The Balaban J connectivity index is 0.00000348. The van der Waals surface area contributed by atoms with Crippen LogP contribution in [0.25, 0.3) is 17.2 Å². The first-order valence-electron chi connectivity index (χ1n) is 15.2. The van der Waals surface area contributed by atoms with E-state index >= 15 is 0 Å². The molecule has 4 aromatic carbocycles. The molecule has 4 aromatic rings. The number of hydrazone groups is 2. The van der Waals surface area contributed by atoms with Crippen molar-refractivity contribution >= 4 is 83.4 Å². The van der Waals surface area contributed by atoms with E-state index in [9.17, 15) is 45.6 Å². The van der Waals surface area contributed by atoms with Gasteiger partial charge in [-0.2, -0.15) is 15.3 Å². The van der Waals surface area contributed by atoms with Crippen LogP contribution in [0.2, 0.25) is 0 Å². The molecule has 0 radical (unpaired) electrons. The summed E-state index contributed by atoms with van der Waals surface area (Å²) in [6.45, 7) is 0. The van der Waals surface area contributed by atoms with Gasteiger partial charge in [-0.25, -0.2) is 16.8 Å². The van der Waals surface area contributed by atoms with E-state index in [1.807, 2.05) is 12.1 Å². The number of nitrogens with one attached hydrogen (secondary N) is 2. The number of nitro groups is 1. The SMILES string of the molecule is Nc1c(N=Nc2ccc([N+](=O)[O-])cc2)c(S(=O)(=O)[O-])cc2c1C(=O)C(=NNc1ccc(-c3ccc(NN=C4C=CC(=O)C=C4)cc3)cc1)C(S(=O)(=O)[O-])=C2.[Na+].[Na+]. The number of benzene rings is 4. The predicted octanol–water partition coefficient (Wildman–Crippen LogP) is -0.815. The van der Waals surface area contributed by atoms with Crippen LogP contribution < -0.4 is 75.7 Å². The minimum absolute atomic E-state index is 0. The molecular weight excluding hydrogens is 791 g/mol. The number of nitrogen functional groups attached to an aromatic ring is 1. The molecule has 6 rings (SSSR count). The van der Waals surface area contributed by atoms with Gasteiger partial charge < -0.3 is 14.8 Å². The summed E-state index contributed by atoms with van der Waals surface area (Å²) in [6, 6.07) is 18.9. The van der Waals surface area contributed by atoms with Crippen LogP contribution in [0.3, 0.4) is 0 Å². The second-order valence-electron chi connectivity index (χ2n) is 11.3. The smallest absolute Gasteiger partial charge is 0.744 e. The number of anilines is 3. The van der Waals surface area contributed by atoms with Crippen LogP contribution in [0.4, 0.5) is 34.1 Å². The molecule has 0 fully saturated rings. The number of nitro benzene ring substituents is 1. The molecule has 0 saturated carbocycles. The van der Waals surface area contributed by atoms with Gasteiger partial charge in [0.1, 0.15) is 31.6 Å². The topological polar surface area (TPSA) is 291 Å². The Bertz CT molecular complexity index is 2640. The molecule has 4 N–H and O–H groups in total. The van der Waals surface area contributed by atoms with Crippen molar-refractivity contribution < 1.29 is 99.6 Å². The molecule has 0 spiro atoms. The molecule has 0 aliphatic heterocycles. The first-order valence-corrected chi connectivity index (χ1v) is 18.0. The van der Waals surface area contributed by atoms with Crippen LogP contribution in [0.5, 0.6) is 0 Å². The molecule has 2 aliphatic carbocycles. The number of nitrogens with zero attached hydrogens (tertiary/aromatic N) is 5. The maximum atomic E-state index is 13.7. The number of azo groups is 1. The summed E-state index contributed by atoms with van der Waals surface area (Å²) in [5, 5.41) is 26.6. The van der Waals surface area contributed by atoms with E-state index in [-0.39, 0.29) is 82.0 Å². The maximum Gasteiger partial charge on any atom is 1.00 e. The monoisotopic (exact) mass is 812 g/mol. The van der Waals surface area contributed by atoms with Crippen LogP contribution in [0.15, 0.2) is 133 Å². The van der Waals surface area contributed by atoms with Crippen LogP contribution in [0, 0.1) is 10.1 Å². The second kappa shape index (κ2) is 17.9. The summed E-state index contributed by atoms with van der Waals surface area (Å²) in [7, 11) is -10.8. The van der Waals surface area contributed by atoms with Crippen molar-refractivity contribution in [2.24, 2.45) is 20.4 Å². The third kappa shape index (κ3) is 10.0. The molecular formula is C34H22N8Na2O10S2. The number of fused-ring (bicyclic) bond motifs is 1. The number of Topliss-reactive ketones (excluding diaryl/α,β-unsaturated/α-hetero) is 1. The Morgan fingerprint density at radius 1 is 0.696 bits per heavy atom. The zero-order valence-corrected chi connectivity index (χ0v) is 34.7. The van der Waals surface area contributed by atoms with Crippen LogP contribution >= 0.6 is 0 Å². The molecule has 18 nitrogen and oxygen atoms in total. The van der Waals surface area contributed by atoms with Crippen LogP contribution in [-0.2, 0) is 25.0 Å². The van der Waals surface area contributed by atoms with E-state index in [4.69, 9.17) is 5.73 Å². The number of hydrogen-bond donors (Lipinski definition) is 3. The Hall–Kier alpha value is -5.00. The van der Waals surface area contributed by atoms with Gasteiger partial charge in [-0.3, -0.25) is 30.6 Å². The summed E-state index contributed by atoms with van der Waals surface area (Å²) >= 11 is 0. The van der Waals surface area contributed by atoms with Crippen LogP contribution in [-0.4, -0.2) is 53.9 Å². The summed E-state index contributed by atoms with van der Waals surface area (Å²) < 4.78 is 73.4. The maximum absolute atomic E-state index is 13.7. The van der Waals surface area contributed by atoms with Gasteiger partial charge >= 0.3 is 59.1 Å². The van der Waals surface area contributed by atoms with E-state index < -0.39 is 69.0 Å². The molecule has 0 amide bonds. The minimum Gasteiger partial charge on any atom is -0.744 e. The molecule has 56 heavy (non-hydrogen) atoms. The Labute approximate surface area is 362 Å². The fourth-order valence-electron chi connectivity index (χ4n) is 5.08. The first kappa shape index (κ1) is 43.7. The van der Waals surface area contributed by atoms with Crippen molar-refractivity contribution in [2.45, 2.75) is 4.90 Å². The van der Waals surface area contributed by atoms with Crippen LogP contribution in [0.1, 0.15) is 15.9 Å². The molecule has 2 aliphatic rings. The van der Waals surface area contributed by atoms with Crippen molar-refractivity contribution in [1.82, 2.24) is 0 Å². The predicted molar refractivity (Wildman–Crippen MR) is 195 cm³/mol. The molecule has 272 valence electrons. The molecule has 0 heterocycles. The number of carbonyl (C=O) groups is 2. The Morgan fingerprint density at radius 3 is 1.73 bits per heavy atom. The molecule has 0 aromatic heterocycles. The van der Waals surface area contributed by atoms with Gasteiger partial charge in [0.2, 0.25) is 5.78 Å². The number of rotatable bonds is 10. The molecule has 0 bridgehead atoms. The number of allylic oxidation sites excluding steroid dienone is 5. The minimum atomic E-state index is -5.41. The average molecular weight is 813 g/mol. The fourth-order valence-corrected chi connectivity index (χ4v) is 6.38. The number of ketones is 2. The van der Waals surface area contributed by atoms with E-state index in [1.54, 1.807) is 48.6 Å². The van der Waals surface area contributed by atoms with E-state index in [2.05, 4.69) is 31.3 Å². The Kier molecular flexibility index (Phi) is 13.9. The van der Waals surface area contributed by atoms with Gasteiger partial charge in [0.15, 0.2) is 5.78 Å². The van der Waals surface area contributed by atoms with Gasteiger partial charge in [0, 0.05) is 12.1 Å². The normalized spacial score (nSPS) is 14.4. The largest absolute Gasteiger partial charge is 1.00 e. The summed E-state index contributed by atoms with van der Waals surface area (Å²) in [5.74, 6) is -1.34. The number of hydrogen-bond acceptors (Lipinski definition) is 17. The van der Waals surface area contributed by atoms with Gasteiger partial charge in [-0.15, -0.1) is 5.11 Å². The first-order chi connectivity index (χ1) is 25.6. The van der Waals surface area contributed by atoms with Gasteiger partial charge in [0.25, 0.3) is 5.69 Å². The van der Waals surface area contributed by atoms with Crippen molar-refractivity contribution in [3.8, 4) is 11.1 Å². The quantitative estimate of drug-likeness (QED) is 0.0336. The standard InChI is InChI=1S/C34H24N8O10S2.2Na/c35-31-30-21(17-28(53(47,48)49)32(31)40-38-24-9-13-26(14-10-24)42(45)46)18-29(54(50,51)52)33(34(30)44)41-39-23-7-3-20(4-8-23)19-1-5-22(6-2-19)36-37-25-11-15-27(43)16-12-25;;/h1-18,36,39H,35H2,(H,47,48,49)(H,50,51,52);;/q;2*+1/p-2. The molecule has 22 heteroatoms. The summed E-state index contributed by atoms with van der Waals surface area (Å²) in [5.41, 5.74) is 11.0. The molecule has 0 atom stereocenters. The zero-order valence-electron chi connectivity index (χ0n) is 29.1. The van der Waals surface area contributed by atoms with Crippen molar-refractivity contribution in [2.75, 3.05) is 16.6 Å². The van der Waals surface area contributed by atoms with Gasteiger partial charge in [0.05, 0.1) is 48.7 Å². The van der Waals surface area contributed by atoms with Crippen molar-refractivity contribution in [3.63, 3.8) is 0 Å². The number of non-ortho nitro benzene ring substituents is 1. The molecule has 0 saturated heterocycles. The third-order valence-electron chi connectivity index (χ3n) is 7.71. The van der Waals surface area contributed by atoms with Crippen molar-refractivity contribution in [1.29, 1.82) is 0 Å². The summed E-state index contributed by atoms with van der Waals surface area (Å²) in [4.78, 5) is 33.1. The Morgan fingerprint density at radius 2 is 1.23 bits per heavy atom. The third-order valence-corrected chi connectivity index (χ3v) is 9.41. The summed E-state index contributed by atoms with van der Waals surface area (Å²) in [6.07, 6.45) is 6.63. The zero-order chi connectivity index (χ0) is 38.8. The average Bonchev–Trinajstić information content (AvgIpc) is 3.13. The van der Waals surface area contributed by atoms with Crippen molar-refractivity contribution in [3.05, 3.63) is 129 Å². The van der Waals surface area contributed by atoms with E-state index in [1.165, 1.54) is 24.3 Å². The fraction of sp³-hybridized carbons (Fsp3) is 0. The van der Waals surface area contributed by atoms with Gasteiger partial charge in [-0.05, 0) is 89.5 Å². The number of nitrogens with two attached hydrogens (primary N) is 1. The van der Waals surface area contributed by atoms with E-state index in [0.29, 0.717) is 23.5 Å². The van der Waals surface area contributed by atoms with E-state index in [0.717, 1.165) is 23.3 Å². The molecule has 0 unspecified atom stereocenters. The second-order valence-corrected chi connectivity index (χ2v) is 14.0.